The van der Waals surface area contributed by atoms with E-state index in [4.69, 9.17) is 28.8 Å². The Morgan fingerprint density at radius 3 is 2.07 bits per heavy atom. The summed E-state index contributed by atoms with van der Waals surface area (Å²) in [4.78, 5) is 12.9. The minimum atomic E-state index is -0.802. The lowest BCUT2D eigenvalue weighted by Gasteiger charge is -2.36. The van der Waals surface area contributed by atoms with Gasteiger partial charge in [0.1, 0.15) is 18.3 Å². The second kappa shape index (κ2) is 8.05. The molecule has 5 atom stereocenters. The molecule has 0 aromatic heterocycles. The molecule has 0 unspecified atom stereocenters. The largest absolute Gasteiger partial charge is 0.396 e. The Labute approximate surface area is 171 Å². The average molecular weight is 411 g/mol. The highest BCUT2D eigenvalue weighted by atomic mass is 16.9. The zero-order chi connectivity index (χ0) is 19.9. The summed E-state index contributed by atoms with van der Waals surface area (Å²) in [6, 6.07) is 0. The van der Waals surface area contributed by atoms with Crippen molar-refractivity contribution in [3.05, 3.63) is 0 Å². The molecule has 2 saturated carbocycles. The van der Waals surface area contributed by atoms with Crippen LogP contribution in [0.2, 0.25) is 0 Å². The van der Waals surface area contributed by atoms with Gasteiger partial charge >= 0.3 is 0 Å². The van der Waals surface area contributed by atoms with Crippen LogP contribution in [0.15, 0.2) is 0 Å². The van der Waals surface area contributed by atoms with E-state index >= 15 is 0 Å². The highest BCUT2D eigenvalue weighted by Crippen LogP contribution is 2.50. The molecule has 0 radical (unpaired) electrons. The first-order valence-corrected chi connectivity index (χ1v) is 11.4. The molecule has 164 valence electrons. The number of ether oxygens (including phenoxy) is 5. The molecule has 8 heteroatoms. The van der Waals surface area contributed by atoms with Crippen LogP contribution < -0.4 is 5.32 Å². The van der Waals surface area contributed by atoms with Crippen LogP contribution in [-0.4, -0.2) is 66.4 Å². The fraction of sp³-hybridized carbons (Fsp3) is 0.952. The lowest BCUT2D eigenvalue weighted by Crippen LogP contribution is -2.59. The van der Waals surface area contributed by atoms with Gasteiger partial charge in [-0.05, 0) is 32.1 Å². The molecular formula is C21H33NO7. The van der Waals surface area contributed by atoms with Crippen LogP contribution in [0.5, 0.6) is 0 Å². The third kappa shape index (κ3) is 3.72. The van der Waals surface area contributed by atoms with E-state index in [1.807, 2.05) is 0 Å². The van der Waals surface area contributed by atoms with E-state index in [2.05, 4.69) is 5.32 Å². The van der Waals surface area contributed by atoms with Gasteiger partial charge in [-0.15, -0.1) is 0 Å². The van der Waals surface area contributed by atoms with Crippen LogP contribution in [0, 0.1) is 0 Å². The minimum Gasteiger partial charge on any atom is -0.396 e. The van der Waals surface area contributed by atoms with E-state index in [9.17, 15) is 4.79 Å². The lowest BCUT2D eigenvalue weighted by atomic mass is 9.94. The molecule has 8 nitrogen and oxygen atoms in total. The summed E-state index contributed by atoms with van der Waals surface area (Å²) in [6.07, 6.45) is 7.82. The van der Waals surface area contributed by atoms with E-state index in [0.29, 0.717) is 13.0 Å². The number of nitrogens with one attached hydrogen (secondary N) is 1. The van der Waals surface area contributed by atoms with E-state index < -0.39 is 30.1 Å². The highest BCUT2D eigenvalue weighted by molar-refractivity contribution is 5.81. The monoisotopic (exact) mass is 411 g/mol. The van der Waals surface area contributed by atoms with Gasteiger partial charge in [0.05, 0.1) is 0 Å². The van der Waals surface area contributed by atoms with Crippen molar-refractivity contribution in [1.82, 2.24) is 5.32 Å². The molecule has 2 N–H and O–H groups in total. The van der Waals surface area contributed by atoms with Gasteiger partial charge in [-0.1, -0.05) is 12.8 Å². The fourth-order valence-electron chi connectivity index (χ4n) is 5.56. The van der Waals surface area contributed by atoms with Gasteiger partial charge in [0.25, 0.3) is 5.91 Å². The molecule has 0 aromatic rings. The van der Waals surface area contributed by atoms with Crippen molar-refractivity contribution in [1.29, 1.82) is 0 Å². The molecule has 1 amide bonds. The number of carbonyl (C=O) groups excluding carboxylic acids is 1. The Hall–Kier alpha value is -0.770. The predicted octanol–water partition coefficient (Wildman–Crippen LogP) is 1.73. The molecule has 2 spiro atoms. The number of hydrogen-bond acceptors (Lipinski definition) is 7. The molecule has 29 heavy (non-hydrogen) atoms. The Morgan fingerprint density at radius 1 is 0.828 bits per heavy atom. The number of aliphatic hydroxyl groups is 1. The Morgan fingerprint density at radius 2 is 1.41 bits per heavy atom. The first-order chi connectivity index (χ1) is 14.1. The average Bonchev–Trinajstić information content (AvgIpc) is 3.26. The second-order valence-electron chi connectivity index (χ2n) is 9.10. The molecule has 3 saturated heterocycles. The number of fused-ring (bicyclic) bond motifs is 3. The van der Waals surface area contributed by atoms with Crippen molar-refractivity contribution in [2.75, 3.05) is 13.2 Å². The van der Waals surface area contributed by atoms with E-state index in [1.54, 1.807) is 0 Å². The molecular weight excluding hydrogens is 378 g/mol. The van der Waals surface area contributed by atoms with Gasteiger partial charge in [-0.3, -0.25) is 4.79 Å². The van der Waals surface area contributed by atoms with Gasteiger partial charge in [0, 0.05) is 38.8 Å². The summed E-state index contributed by atoms with van der Waals surface area (Å²) in [5.74, 6) is -1.50. The standard InChI is InChI=1S/C21H33NO7/c23-13-7-12-22-18(24)16-14-15(27-20(26-14)8-3-1-4-9-20)17-19(25-16)29-21(28-17)10-5-2-6-11-21/h14-17,19,23H,1-13H2,(H,22,24)/t14-,15+,16-,17-,19+/m1/s1. The number of amides is 1. The van der Waals surface area contributed by atoms with Crippen LogP contribution in [0.1, 0.15) is 70.6 Å². The molecule has 2 aliphatic carbocycles. The zero-order valence-electron chi connectivity index (χ0n) is 17.0. The maximum absolute atomic E-state index is 12.9. The van der Waals surface area contributed by atoms with Crippen molar-refractivity contribution in [2.45, 2.75) is 113 Å². The maximum atomic E-state index is 12.9. The molecule has 3 aliphatic heterocycles. The van der Waals surface area contributed by atoms with Crippen molar-refractivity contribution in [3.8, 4) is 0 Å². The van der Waals surface area contributed by atoms with E-state index in [-0.39, 0.29) is 24.7 Å². The summed E-state index contributed by atoms with van der Waals surface area (Å²) >= 11 is 0. The zero-order valence-corrected chi connectivity index (χ0v) is 17.0. The van der Waals surface area contributed by atoms with Gasteiger partial charge in [-0.25, -0.2) is 0 Å². The Bertz CT molecular complexity index is 602. The van der Waals surface area contributed by atoms with Crippen molar-refractivity contribution in [3.63, 3.8) is 0 Å². The first-order valence-electron chi connectivity index (χ1n) is 11.4. The third-order valence-corrected chi connectivity index (χ3v) is 7.00. The van der Waals surface area contributed by atoms with Crippen LogP contribution in [0.25, 0.3) is 0 Å². The summed E-state index contributed by atoms with van der Waals surface area (Å²) in [6.45, 7) is 0.429. The van der Waals surface area contributed by atoms with Crippen molar-refractivity contribution < 1.29 is 33.6 Å². The molecule has 3 heterocycles. The molecule has 5 rings (SSSR count). The van der Waals surface area contributed by atoms with Gasteiger partial charge in [-0.2, -0.15) is 0 Å². The maximum Gasteiger partial charge on any atom is 0.252 e. The van der Waals surface area contributed by atoms with Gasteiger partial charge in [0.15, 0.2) is 24.0 Å². The molecule has 0 bridgehead atoms. The predicted molar refractivity (Wildman–Crippen MR) is 101 cm³/mol. The van der Waals surface area contributed by atoms with E-state index in [0.717, 1.165) is 51.4 Å². The van der Waals surface area contributed by atoms with Crippen molar-refractivity contribution >= 4 is 5.91 Å². The smallest absolute Gasteiger partial charge is 0.252 e. The number of rotatable bonds is 4. The molecule has 5 aliphatic rings. The minimum absolute atomic E-state index is 0.0325. The SMILES string of the molecule is O=C(NCCCO)[C@@H]1O[C@H]2OC3(CCCCC3)O[C@@H]2[C@H]2OC3(CCCCC3)O[C@H]21. The highest BCUT2D eigenvalue weighted by Gasteiger charge is 2.65. The van der Waals surface area contributed by atoms with Crippen LogP contribution in [0.4, 0.5) is 0 Å². The van der Waals surface area contributed by atoms with Crippen LogP contribution in [0.3, 0.4) is 0 Å². The normalized spacial score (nSPS) is 40.0. The number of hydrogen-bond donors (Lipinski definition) is 2. The quantitative estimate of drug-likeness (QED) is 0.680. The molecule has 0 aromatic carbocycles. The van der Waals surface area contributed by atoms with Gasteiger partial charge in [0.2, 0.25) is 0 Å². The van der Waals surface area contributed by atoms with Crippen LogP contribution >= 0.6 is 0 Å². The Balaban J connectivity index is 1.37. The lowest BCUT2D eigenvalue weighted by molar-refractivity contribution is -0.247. The second-order valence-corrected chi connectivity index (χ2v) is 9.10. The topological polar surface area (TPSA) is 95.5 Å². The van der Waals surface area contributed by atoms with Crippen LogP contribution in [-0.2, 0) is 28.5 Å². The first kappa shape index (κ1) is 20.2. The van der Waals surface area contributed by atoms with E-state index in [1.165, 1.54) is 12.8 Å². The third-order valence-electron chi connectivity index (χ3n) is 7.00. The summed E-state index contributed by atoms with van der Waals surface area (Å²) < 4.78 is 31.8. The Kier molecular flexibility index (Phi) is 5.60. The fourth-order valence-corrected chi connectivity index (χ4v) is 5.56. The summed E-state index contributed by atoms with van der Waals surface area (Å²) in [5.41, 5.74) is 0. The van der Waals surface area contributed by atoms with Gasteiger partial charge < -0.3 is 34.1 Å². The molecule has 5 fully saturated rings. The van der Waals surface area contributed by atoms with Crippen molar-refractivity contribution in [2.24, 2.45) is 0 Å². The number of carbonyl (C=O) groups is 1. The summed E-state index contributed by atoms with van der Waals surface area (Å²) in [5, 5.41) is 11.9. The number of aliphatic hydroxyl groups excluding tert-OH is 1. The summed E-state index contributed by atoms with van der Waals surface area (Å²) in [7, 11) is 0.